The van der Waals surface area contributed by atoms with E-state index in [1.165, 1.54) is 22.9 Å². The summed E-state index contributed by atoms with van der Waals surface area (Å²) in [4.78, 5) is 4.18. The molecule has 3 aromatic rings. The number of hydrogen-bond donors (Lipinski definition) is 1. The molecule has 86 valence electrons. The number of anilines is 1. The summed E-state index contributed by atoms with van der Waals surface area (Å²) in [5, 5.41) is 4.00. The number of nitrogens with zero attached hydrogens (tertiary/aromatic N) is 3. The number of nitrogen functional groups attached to an aromatic ring is 1. The minimum atomic E-state index is -0.350. The van der Waals surface area contributed by atoms with Crippen LogP contribution < -0.4 is 5.73 Å². The molecular formula is C11H9FN4O. The van der Waals surface area contributed by atoms with Gasteiger partial charge in [-0.25, -0.2) is 9.37 Å². The topological polar surface area (TPSA) is 69.9 Å². The maximum Gasteiger partial charge on any atom is 0.232 e. The van der Waals surface area contributed by atoms with Gasteiger partial charge in [-0.05, 0) is 12.1 Å². The lowest BCUT2D eigenvalue weighted by Crippen LogP contribution is -1.97. The molecule has 0 bridgehead atoms. The zero-order chi connectivity index (χ0) is 12.0. The molecule has 0 saturated carbocycles. The lowest BCUT2D eigenvalue weighted by molar-refractivity contribution is 0.614. The summed E-state index contributed by atoms with van der Waals surface area (Å²) in [6.07, 6.45) is 1.57. The Labute approximate surface area is 95.7 Å². The van der Waals surface area contributed by atoms with Crippen LogP contribution >= 0.6 is 0 Å². The van der Waals surface area contributed by atoms with Crippen LogP contribution in [0.4, 0.5) is 10.2 Å². The normalized spacial score (nSPS) is 11.2. The molecule has 2 heterocycles. The first-order valence-corrected chi connectivity index (χ1v) is 4.99. The van der Waals surface area contributed by atoms with Gasteiger partial charge in [-0.1, -0.05) is 0 Å². The van der Waals surface area contributed by atoms with Crippen molar-refractivity contribution in [1.82, 2.24) is 14.8 Å². The lowest BCUT2D eigenvalue weighted by atomic mass is 10.3. The van der Waals surface area contributed by atoms with Gasteiger partial charge in [0.05, 0.1) is 11.8 Å². The van der Waals surface area contributed by atoms with Crippen molar-refractivity contribution in [1.29, 1.82) is 0 Å². The van der Waals surface area contributed by atoms with Crippen LogP contribution in [0.5, 0.6) is 0 Å². The zero-order valence-corrected chi connectivity index (χ0v) is 9.01. The molecule has 6 heteroatoms. The van der Waals surface area contributed by atoms with Crippen molar-refractivity contribution in [2.45, 2.75) is 0 Å². The molecule has 0 amide bonds. The Bertz CT molecular complexity index is 701. The highest BCUT2D eigenvalue weighted by molar-refractivity contribution is 5.78. The SMILES string of the molecule is Cn1ncc(-c2nc3cc(F)ccc3o2)c1N. The average Bonchev–Trinajstić information content (AvgIpc) is 2.83. The molecule has 0 unspecified atom stereocenters. The summed E-state index contributed by atoms with van der Waals surface area (Å²) in [7, 11) is 1.72. The van der Waals surface area contributed by atoms with Gasteiger partial charge in [-0.3, -0.25) is 4.68 Å². The zero-order valence-electron chi connectivity index (χ0n) is 9.01. The molecule has 1 aromatic carbocycles. The van der Waals surface area contributed by atoms with Crippen molar-refractivity contribution in [2.75, 3.05) is 5.73 Å². The second-order valence-corrected chi connectivity index (χ2v) is 3.70. The number of rotatable bonds is 1. The maximum atomic E-state index is 13.0. The van der Waals surface area contributed by atoms with Crippen LogP contribution in [0, 0.1) is 5.82 Å². The van der Waals surface area contributed by atoms with Crippen LogP contribution in [0.2, 0.25) is 0 Å². The fraction of sp³-hybridized carbons (Fsp3) is 0.0909. The molecule has 0 spiro atoms. The third-order valence-electron chi connectivity index (χ3n) is 2.56. The Morgan fingerprint density at radius 1 is 1.41 bits per heavy atom. The number of nitrogens with two attached hydrogens (primary N) is 1. The van der Waals surface area contributed by atoms with E-state index in [0.29, 0.717) is 28.4 Å². The number of fused-ring (bicyclic) bond motifs is 1. The summed E-state index contributed by atoms with van der Waals surface area (Å²) < 4.78 is 20.0. The van der Waals surface area contributed by atoms with Gasteiger partial charge < -0.3 is 10.2 Å². The summed E-state index contributed by atoms with van der Waals surface area (Å²) in [5.74, 6) is 0.449. The Balaban J connectivity index is 2.21. The smallest absolute Gasteiger partial charge is 0.232 e. The quantitative estimate of drug-likeness (QED) is 0.696. The molecular weight excluding hydrogens is 223 g/mol. The molecule has 0 aliphatic carbocycles. The van der Waals surface area contributed by atoms with E-state index in [4.69, 9.17) is 10.2 Å². The monoisotopic (exact) mass is 232 g/mol. The van der Waals surface area contributed by atoms with Crippen molar-refractivity contribution in [3.05, 3.63) is 30.2 Å². The number of hydrogen-bond acceptors (Lipinski definition) is 4. The first-order chi connectivity index (χ1) is 8.15. The highest BCUT2D eigenvalue weighted by atomic mass is 19.1. The van der Waals surface area contributed by atoms with Gasteiger partial charge in [0.2, 0.25) is 5.89 Å². The molecule has 0 aliphatic rings. The van der Waals surface area contributed by atoms with Crippen molar-refractivity contribution in [3.8, 4) is 11.5 Å². The Kier molecular flexibility index (Phi) is 1.91. The van der Waals surface area contributed by atoms with Gasteiger partial charge in [0.1, 0.15) is 17.2 Å². The van der Waals surface area contributed by atoms with Gasteiger partial charge in [0.25, 0.3) is 0 Å². The van der Waals surface area contributed by atoms with E-state index in [-0.39, 0.29) is 5.82 Å². The Hall–Kier alpha value is -2.37. The Morgan fingerprint density at radius 2 is 2.24 bits per heavy atom. The van der Waals surface area contributed by atoms with Crippen LogP contribution in [0.25, 0.3) is 22.6 Å². The second kappa shape index (κ2) is 3.31. The van der Waals surface area contributed by atoms with Gasteiger partial charge >= 0.3 is 0 Å². The minimum Gasteiger partial charge on any atom is -0.436 e. The third kappa shape index (κ3) is 1.45. The highest BCUT2D eigenvalue weighted by Crippen LogP contribution is 2.28. The predicted molar refractivity (Wildman–Crippen MR) is 60.6 cm³/mol. The first-order valence-electron chi connectivity index (χ1n) is 4.99. The molecule has 5 nitrogen and oxygen atoms in total. The summed E-state index contributed by atoms with van der Waals surface area (Å²) in [6.45, 7) is 0. The minimum absolute atomic E-state index is 0.344. The maximum absolute atomic E-state index is 13.0. The van der Waals surface area contributed by atoms with Crippen molar-refractivity contribution in [2.24, 2.45) is 7.05 Å². The number of oxazole rings is 1. The van der Waals surface area contributed by atoms with E-state index in [1.807, 2.05) is 0 Å². The van der Waals surface area contributed by atoms with Crippen LogP contribution in [-0.2, 0) is 7.05 Å². The predicted octanol–water partition coefficient (Wildman–Crippen LogP) is 1.95. The van der Waals surface area contributed by atoms with E-state index in [0.717, 1.165) is 0 Å². The van der Waals surface area contributed by atoms with Crippen molar-refractivity contribution in [3.63, 3.8) is 0 Å². The first kappa shape index (κ1) is 9.83. The number of halogens is 1. The molecule has 0 radical (unpaired) electrons. The lowest BCUT2D eigenvalue weighted by Gasteiger charge is -1.94. The van der Waals surface area contributed by atoms with E-state index >= 15 is 0 Å². The molecule has 0 atom stereocenters. The molecule has 0 aliphatic heterocycles. The second-order valence-electron chi connectivity index (χ2n) is 3.70. The standard InChI is InChI=1S/C11H9FN4O/c1-16-10(13)7(5-14-16)11-15-8-4-6(12)2-3-9(8)17-11/h2-5H,13H2,1H3. The van der Waals surface area contributed by atoms with Crippen molar-refractivity contribution >= 4 is 16.9 Å². The number of aromatic nitrogens is 3. The molecule has 2 aromatic heterocycles. The summed E-state index contributed by atoms with van der Waals surface area (Å²) >= 11 is 0. The fourth-order valence-electron chi connectivity index (χ4n) is 1.63. The largest absolute Gasteiger partial charge is 0.436 e. The highest BCUT2D eigenvalue weighted by Gasteiger charge is 2.14. The van der Waals surface area contributed by atoms with Crippen LogP contribution in [0.3, 0.4) is 0 Å². The van der Waals surface area contributed by atoms with Gasteiger partial charge in [0.15, 0.2) is 5.58 Å². The average molecular weight is 232 g/mol. The summed E-state index contributed by atoms with van der Waals surface area (Å²) in [6, 6.07) is 4.17. The van der Waals surface area contributed by atoms with E-state index < -0.39 is 0 Å². The molecule has 2 N–H and O–H groups in total. The van der Waals surface area contributed by atoms with Crippen LogP contribution in [-0.4, -0.2) is 14.8 Å². The fourth-order valence-corrected chi connectivity index (χ4v) is 1.63. The Morgan fingerprint density at radius 3 is 2.94 bits per heavy atom. The molecule has 0 fully saturated rings. The third-order valence-corrected chi connectivity index (χ3v) is 2.56. The number of aryl methyl sites for hydroxylation is 1. The van der Waals surface area contributed by atoms with Gasteiger partial charge in [-0.2, -0.15) is 5.10 Å². The van der Waals surface area contributed by atoms with Gasteiger partial charge in [-0.15, -0.1) is 0 Å². The molecule has 3 rings (SSSR count). The van der Waals surface area contributed by atoms with Crippen LogP contribution in [0.1, 0.15) is 0 Å². The van der Waals surface area contributed by atoms with Crippen LogP contribution in [0.15, 0.2) is 28.8 Å². The number of benzene rings is 1. The van der Waals surface area contributed by atoms with Crippen molar-refractivity contribution < 1.29 is 8.81 Å². The molecule has 0 saturated heterocycles. The molecule has 17 heavy (non-hydrogen) atoms. The van der Waals surface area contributed by atoms with E-state index in [2.05, 4.69) is 10.1 Å². The van der Waals surface area contributed by atoms with E-state index in [9.17, 15) is 4.39 Å². The summed E-state index contributed by atoms with van der Waals surface area (Å²) in [5.41, 5.74) is 7.39. The van der Waals surface area contributed by atoms with E-state index in [1.54, 1.807) is 13.2 Å². The van der Waals surface area contributed by atoms with Gasteiger partial charge in [0, 0.05) is 13.1 Å².